The van der Waals surface area contributed by atoms with Gasteiger partial charge in [0.1, 0.15) is 22.5 Å². The molecule has 0 saturated carbocycles. The largest absolute Gasteiger partial charge is 0.534 e. The lowest BCUT2D eigenvalue weighted by atomic mass is 10.0. The van der Waals surface area contributed by atoms with Crippen LogP contribution in [0.1, 0.15) is 22.8 Å². The lowest BCUT2D eigenvalue weighted by Crippen LogP contribution is -2.28. The summed E-state index contributed by atoms with van der Waals surface area (Å²) < 4.78 is 98.6. The first-order valence-electron chi connectivity index (χ1n) is 8.05. The van der Waals surface area contributed by atoms with Gasteiger partial charge in [0.2, 0.25) is 0 Å². The van der Waals surface area contributed by atoms with Crippen LogP contribution >= 0.6 is 0 Å². The van der Waals surface area contributed by atoms with Crippen molar-refractivity contribution in [1.29, 1.82) is 0 Å². The minimum atomic E-state index is -5.82. The Balaban J connectivity index is 1.93. The van der Waals surface area contributed by atoms with Crippen LogP contribution in [0.2, 0.25) is 0 Å². The molecule has 0 saturated heterocycles. The van der Waals surface area contributed by atoms with Crippen molar-refractivity contribution in [2.24, 2.45) is 0 Å². The third-order valence-corrected chi connectivity index (χ3v) is 6.53. The summed E-state index contributed by atoms with van der Waals surface area (Å²) in [7, 11) is -8.83. The van der Waals surface area contributed by atoms with E-state index in [9.17, 15) is 30.0 Å². The molecule has 0 spiro atoms. The summed E-state index contributed by atoms with van der Waals surface area (Å²) in [5.41, 5.74) is -3.95. The van der Waals surface area contributed by atoms with Gasteiger partial charge in [0, 0.05) is 18.1 Å². The van der Waals surface area contributed by atoms with Gasteiger partial charge in [-0.05, 0) is 24.6 Å². The van der Waals surface area contributed by atoms with Crippen molar-refractivity contribution in [2.45, 2.75) is 29.9 Å². The number of ether oxygens (including phenoxy) is 1. The highest BCUT2D eigenvalue weighted by Crippen LogP contribution is 2.41. The SMILES string of the molecule is COS(=O)(=O)c1ccc(C)cc1C1Cc2ccc(OS(=O)(=O)C(F)(F)F)cc2O1. The van der Waals surface area contributed by atoms with E-state index in [4.69, 9.17) is 4.74 Å². The van der Waals surface area contributed by atoms with Crippen LogP contribution in [-0.2, 0) is 30.8 Å². The fourth-order valence-corrected chi connectivity index (χ4v) is 4.19. The van der Waals surface area contributed by atoms with Crippen molar-refractivity contribution in [2.75, 3.05) is 7.11 Å². The number of benzene rings is 2. The number of hydrogen-bond acceptors (Lipinski definition) is 7. The second-order valence-corrected chi connectivity index (χ2v) is 9.44. The van der Waals surface area contributed by atoms with Gasteiger partial charge in [-0.15, -0.1) is 0 Å². The Morgan fingerprint density at radius 2 is 1.76 bits per heavy atom. The summed E-state index contributed by atoms with van der Waals surface area (Å²) in [5, 5.41) is 0. The molecule has 0 bridgehead atoms. The zero-order chi connectivity index (χ0) is 21.6. The molecule has 7 nitrogen and oxygen atoms in total. The molecular weight excluding hydrogens is 437 g/mol. The first-order valence-corrected chi connectivity index (χ1v) is 10.9. The zero-order valence-electron chi connectivity index (χ0n) is 15.1. The van der Waals surface area contributed by atoms with Gasteiger partial charge in [0.25, 0.3) is 10.1 Å². The number of hydrogen-bond donors (Lipinski definition) is 0. The second kappa shape index (κ2) is 7.18. The Morgan fingerprint density at radius 1 is 1.07 bits per heavy atom. The Morgan fingerprint density at radius 3 is 2.38 bits per heavy atom. The van der Waals surface area contributed by atoms with Crippen LogP contribution in [0, 0.1) is 6.92 Å². The van der Waals surface area contributed by atoms with Crippen molar-refractivity contribution >= 4 is 20.2 Å². The van der Waals surface area contributed by atoms with E-state index in [2.05, 4.69) is 8.37 Å². The number of rotatable bonds is 5. The molecule has 1 unspecified atom stereocenters. The molecule has 0 aromatic heterocycles. The van der Waals surface area contributed by atoms with Gasteiger partial charge in [-0.1, -0.05) is 23.8 Å². The van der Waals surface area contributed by atoms with Crippen LogP contribution in [0.5, 0.6) is 11.5 Å². The minimum absolute atomic E-state index is 0.0899. The summed E-state index contributed by atoms with van der Waals surface area (Å²) in [5.74, 6) is -0.483. The van der Waals surface area contributed by atoms with E-state index < -0.39 is 37.6 Å². The highest BCUT2D eigenvalue weighted by Gasteiger charge is 2.48. The highest BCUT2D eigenvalue weighted by atomic mass is 32.2. The van der Waals surface area contributed by atoms with Gasteiger partial charge < -0.3 is 8.92 Å². The van der Waals surface area contributed by atoms with E-state index in [1.54, 1.807) is 19.1 Å². The van der Waals surface area contributed by atoms with Crippen molar-refractivity contribution in [3.8, 4) is 11.5 Å². The van der Waals surface area contributed by atoms with Crippen molar-refractivity contribution < 1.29 is 43.1 Å². The first-order chi connectivity index (χ1) is 13.3. The van der Waals surface area contributed by atoms with Gasteiger partial charge in [-0.2, -0.15) is 30.0 Å². The van der Waals surface area contributed by atoms with Gasteiger partial charge >= 0.3 is 15.6 Å². The Hall–Kier alpha value is -2.31. The van der Waals surface area contributed by atoms with Crippen LogP contribution in [0.15, 0.2) is 41.3 Å². The molecule has 0 aliphatic carbocycles. The average molecular weight is 452 g/mol. The van der Waals surface area contributed by atoms with E-state index in [-0.39, 0.29) is 17.1 Å². The standard InChI is InChI=1S/C17H15F3O7S2/c1-10-3-6-16(28(21,22)25-2)13(7-10)15-8-11-4-5-12(9-14(11)26-15)27-29(23,24)17(18,19)20/h3-7,9,15H,8H2,1-2H3. The summed E-state index contributed by atoms with van der Waals surface area (Å²) in [6, 6.07) is 8.01. The topological polar surface area (TPSA) is 96.0 Å². The highest BCUT2D eigenvalue weighted by molar-refractivity contribution is 7.88. The van der Waals surface area contributed by atoms with E-state index in [0.29, 0.717) is 11.1 Å². The molecule has 1 aliphatic heterocycles. The summed E-state index contributed by atoms with van der Waals surface area (Å²) in [6.45, 7) is 1.75. The Kier molecular flexibility index (Phi) is 5.30. The van der Waals surface area contributed by atoms with Crippen LogP contribution in [-0.4, -0.2) is 29.5 Å². The molecule has 2 aromatic carbocycles. The maximum atomic E-state index is 12.5. The molecule has 0 N–H and O–H groups in total. The normalized spacial score (nSPS) is 16.9. The zero-order valence-corrected chi connectivity index (χ0v) is 16.7. The molecule has 12 heteroatoms. The molecule has 29 heavy (non-hydrogen) atoms. The average Bonchev–Trinajstić information content (AvgIpc) is 3.03. The van der Waals surface area contributed by atoms with E-state index >= 15 is 0 Å². The molecule has 0 fully saturated rings. The Labute approximate surface area is 165 Å². The third kappa shape index (κ3) is 4.19. The summed E-state index contributed by atoms with van der Waals surface area (Å²) >= 11 is 0. The smallest absolute Gasteiger partial charge is 0.485 e. The number of aryl methyl sites for hydroxylation is 1. The number of halogens is 3. The van der Waals surface area contributed by atoms with E-state index in [1.165, 1.54) is 12.1 Å². The fraction of sp³-hybridized carbons (Fsp3) is 0.294. The molecule has 158 valence electrons. The van der Waals surface area contributed by atoms with Crippen molar-refractivity contribution in [3.05, 3.63) is 53.1 Å². The second-order valence-electron chi connectivity index (χ2n) is 6.23. The van der Waals surface area contributed by atoms with Crippen molar-refractivity contribution in [1.82, 2.24) is 0 Å². The quantitative estimate of drug-likeness (QED) is 0.508. The molecule has 0 radical (unpaired) electrons. The molecule has 1 heterocycles. The van der Waals surface area contributed by atoms with Gasteiger partial charge in [-0.25, -0.2) is 0 Å². The first kappa shape index (κ1) is 21.4. The van der Waals surface area contributed by atoms with Gasteiger partial charge in [0.05, 0.1) is 7.11 Å². The van der Waals surface area contributed by atoms with Crippen LogP contribution < -0.4 is 8.92 Å². The number of fused-ring (bicyclic) bond motifs is 1. The van der Waals surface area contributed by atoms with Gasteiger partial charge in [-0.3, -0.25) is 4.18 Å². The molecule has 3 rings (SSSR count). The van der Waals surface area contributed by atoms with Crippen LogP contribution in [0.3, 0.4) is 0 Å². The van der Waals surface area contributed by atoms with E-state index in [0.717, 1.165) is 24.8 Å². The van der Waals surface area contributed by atoms with Crippen LogP contribution in [0.25, 0.3) is 0 Å². The predicted octanol–water partition coefficient (Wildman–Crippen LogP) is 3.23. The van der Waals surface area contributed by atoms with Gasteiger partial charge in [0.15, 0.2) is 0 Å². The monoisotopic (exact) mass is 452 g/mol. The fourth-order valence-electron chi connectivity index (χ4n) is 2.84. The molecule has 1 atom stereocenters. The maximum absolute atomic E-state index is 12.5. The molecular formula is C17H15F3O7S2. The third-order valence-electron chi connectivity index (χ3n) is 4.20. The van der Waals surface area contributed by atoms with Crippen molar-refractivity contribution in [3.63, 3.8) is 0 Å². The molecule has 1 aliphatic rings. The predicted molar refractivity (Wildman–Crippen MR) is 94.5 cm³/mol. The molecule has 2 aromatic rings. The Bertz CT molecular complexity index is 1160. The molecule has 0 amide bonds. The van der Waals surface area contributed by atoms with E-state index in [1.807, 2.05) is 0 Å². The number of alkyl halides is 3. The van der Waals surface area contributed by atoms with Crippen LogP contribution in [0.4, 0.5) is 13.2 Å². The summed E-state index contributed by atoms with van der Waals surface area (Å²) in [6.07, 6.45) is -0.545. The lowest BCUT2D eigenvalue weighted by molar-refractivity contribution is -0.0500. The lowest BCUT2D eigenvalue weighted by Gasteiger charge is -2.16. The maximum Gasteiger partial charge on any atom is 0.534 e. The minimum Gasteiger partial charge on any atom is -0.485 e. The summed E-state index contributed by atoms with van der Waals surface area (Å²) in [4.78, 5) is -0.0977.